The molecule has 3 N–H and O–H groups in total. The van der Waals surface area contributed by atoms with E-state index in [1.54, 1.807) is 24.3 Å². The second kappa shape index (κ2) is 8.39. The van der Waals surface area contributed by atoms with Crippen molar-refractivity contribution in [3.63, 3.8) is 0 Å². The summed E-state index contributed by atoms with van der Waals surface area (Å²) in [5, 5.41) is 22.0. The highest BCUT2D eigenvalue weighted by atomic mass is 35.5. The van der Waals surface area contributed by atoms with E-state index in [-0.39, 0.29) is 18.2 Å². The lowest BCUT2D eigenvalue weighted by atomic mass is 10.1. The Morgan fingerprint density at radius 1 is 1.25 bits per heavy atom. The maximum atomic E-state index is 9.77. The van der Waals surface area contributed by atoms with E-state index in [1.165, 1.54) is 0 Å². The molecule has 0 saturated heterocycles. The van der Waals surface area contributed by atoms with Crippen molar-refractivity contribution in [1.29, 1.82) is 0 Å². The van der Waals surface area contributed by atoms with Crippen molar-refractivity contribution in [1.82, 2.24) is 5.32 Å². The van der Waals surface area contributed by atoms with E-state index in [1.807, 2.05) is 0 Å². The highest BCUT2D eigenvalue weighted by Gasteiger charge is 2.05. The molecule has 0 aromatic heterocycles. The average molecular weight is 246 g/mol. The van der Waals surface area contributed by atoms with Crippen molar-refractivity contribution in [3.8, 4) is 5.75 Å². The maximum Gasteiger partial charge on any atom is 0.115 e. The summed E-state index contributed by atoms with van der Waals surface area (Å²) >= 11 is 0. The van der Waals surface area contributed by atoms with Crippen LogP contribution in [0.3, 0.4) is 0 Å². The lowest BCUT2D eigenvalue weighted by Crippen LogP contribution is -2.22. The van der Waals surface area contributed by atoms with Crippen LogP contribution in [0.25, 0.3) is 0 Å². The molecule has 1 aromatic rings. The summed E-state index contributed by atoms with van der Waals surface area (Å²) < 4.78 is 0. The molecule has 0 aliphatic carbocycles. The van der Waals surface area contributed by atoms with Gasteiger partial charge >= 0.3 is 0 Å². The molecule has 0 radical (unpaired) electrons. The topological polar surface area (TPSA) is 52.5 Å². The zero-order valence-electron chi connectivity index (χ0n) is 9.52. The Hall–Kier alpha value is -0.770. The molecule has 1 rings (SSSR count). The van der Waals surface area contributed by atoms with Crippen LogP contribution in [0.1, 0.15) is 31.4 Å². The Labute approximate surface area is 103 Å². The number of benzene rings is 1. The van der Waals surface area contributed by atoms with Crippen LogP contribution in [-0.2, 0) is 0 Å². The molecule has 92 valence electrons. The molecule has 0 unspecified atom stereocenters. The minimum atomic E-state index is -0.498. The number of halogens is 1. The highest BCUT2D eigenvalue weighted by molar-refractivity contribution is 5.85. The van der Waals surface area contributed by atoms with Gasteiger partial charge < -0.3 is 15.5 Å². The maximum absolute atomic E-state index is 9.77. The van der Waals surface area contributed by atoms with Crippen molar-refractivity contribution >= 4 is 12.4 Å². The summed E-state index contributed by atoms with van der Waals surface area (Å²) in [7, 11) is 0. The van der Waals surface area contributed by atoms with Crippen LogP contribution < -0.4 is 5.32 Å². The Morgan fingerprint density at radius 2 is 1.88 bits per heavy atom. The monoisotopic (exact) mass is 245 g/mol. The van der Waals surface area contributed by atoms with Gasteiger partial charge in [-0.1, -0.05) is 25.5 Å². The minimum Gasteiger partial charge on any atom is -0.508 e. The van der Waals surface area contributed by atoms with Gasteiger partial charge in [-0.25, -0.2) is 0 Å². The molecule has 0 fully saturated rings. The summed E-state index contributed by atoms with van der Waals surface area (Å²) in [6, 6.07) is 6.65. The molecule has 0 bridgehead atoms. The van der Waals surface area contributed by atoms with E-state index < -0.39 is 6.10 Å². The van der Waals surface area contributed by atoms with E-state index >= 15 is 0 Å². The lowest BCUT2D eigenvalue weighted by molar-refractivity contribution is 0.174. The number of hydrogen-bond donors (Lipinski definition) is 3. The normalized spacial score (nSPS) is 11.9. The van der Waals surface area contributed by atoms with Crippen LogP contribution in [0, 0.1) is 0 Å². The minimum absolute atomic E-state index is 0. The smallest absolute Gasteiger partial charge is 0.115 e. The van der Waals surface area contributed by atoms with Gasteiger partial charge in [0.15, 0.2) is 0 Å². The zero-order chi connectivity index (χ0) is 11.1. The molecule has 4 heteroatoms. The number of phenolic OH excluding ortho intramolecular Hbond substituents is 1. The SMILES string of the molecule is CCCCNC[C@@H](O)c1ccc(O)cc1.Cl. The van der Waals surface area contributed by atoms with Gasteiger partial charge in [0.1, 0.15) is 5.75 Å². The van der Waals surface area contributed by atoms with Gasteiger partial charge in [-0.15, -0.1) is 12.4 Å². The van der Waals surface area contributed by atoms with E-state index in [9.17, 15) is 5.11 Å². The predicted molar refractivity (Wildman–Crippen MR) is 68.1 cm³/mol. The molecule has 16 heavy (non-hydrogen) atoms. The van der Waals surface area contributed by atoms with Crippen LogP contribution in [0.4, 0.5) is 0 Å². The first-order valence-electron chi connectivity index (χ1n) is 5.41. The first kappa shape index (κ1) is 15.2. The summed E-state index contributed by atoms with van der Waals surface area (Å²) in [5.74, 6) is 0.227. The number of nitrogens with one attached hydrogen (secondary N) is 1. The molecule has 1 aromatic carbocycles. The number of rotatable bonds is 6. The molecular weight excluding hydrogens is 226 g/mol. The van der Waals surface area contributed by atoms with Gasteiger partial charge in [-0.3, -0.25) is 0 Å². The third kappa shape index (κ3) is 5.35. The Kier molecular flexibility index (Phi) is 7.99. The molecule has 0 amide bonds. The molecule has 3 nitrogen and oxygen atoms in total. The van der Waals surface area contributed by atoms with E-state index in [0.717, 1.165) is 24.9 Å². The first-order valence-corrected chi connectivity index (χ1v) is 5.41. The Morgan fingerprint density at radius 3 is 2.44 bits per heavy atom. The molecule has 0 saturated carbocycles. The van der Waals surface area contributed by atoms with Gasteiger partial charge in [0.25, 0.3) is 0 Å². The van der Waals surface area contributed by atoms with Gasteiger partial charge in [0, 0.05) is 6.54 Å². The number of aliphatic hydroxyl groups excluding tert-OH is 1. The third-order valence-corrected chi connectivity index (χ3v) is 2.32. The second-order valence-electron chi connectivity index (χ2n) is 3.67. The van der Waals surface area contributed by atoms with Crippen molar-refractivity contribution in [3.05, 3.63) is 29.8 Å². The average Bonchev–Trinajstić information content (AvgIpc) is 2.25. The number of unbranched alkanes of at least 4 members (excludes halogenated alkanes) is 1. The van der Waals surface area contributed by atoms with E-state index in [0.29, 0.717) is 6.54 Å². The van der Waals surface area contributed by atoms with Crippen LogP contribution in [0.5, 0.6) is 5.75 Å². The number of phenols is 1. The Balaban J connectivity index is 0.00000225. The summed E-state index contributed by atoms with van der Waals surface area (Å²) in [6.45, 7) is 3.63. The van der Waals surface area contributed by atoms with Crippen molar-refractivity contribution in [2.45, 2.75) is 25.9 Å². The van der Waals surface area contributed by atoms with E-state index in [2.05, 4.69) is 12.2 Å². The number of aromatic hydroxyl groups is 1. The fourth-order valence-electron chi connectivity index (χ4n) is 1.35. The zero-order valence-corrected chi connectivity index (χ0v) is 10.3. The van der Waals surface area contributed by atoms with E-state index in [4.69, 9.17) is 5.11 Å². The van der Waals surface area contributed by atoms with Gasteiger partial charge in [-0.05, 0) is 30.7 Å². The third-order valence-electron chi connectivity index (χ3n) is 2.32. The van der Waals surface area contributed by atoms with Crippen molar-refractivity contribution in [2.24, 2.45) is 0 Å². The second-order valence-corrected chi connectivity index (χ2v) is 3.67. The molecule has 0 aliphatic heterocycles. The quantitative estimate of drug-likeness (QED) is 0.674. The lowest BCUT2D eigenvalue weighted by Gasteiger charge is -2.11. The van der Waals surface area contributed by atoms with Crippen LogP contribution in [0.15, 0.2) is 24.3 Å². The molecule has 0 aliphatic rings. The number of aliphatic hydroxyl groups is 1. The fraction of sp³-hybridized carbons (Fsp3) is 0.500. The van der Waals surface area contributed by atoms with Crippen LogP contribution in [-0.4, -0.2) is 23.3 Å². The van der Waals surface area contributed by atoms with Crippen LogP contribution >= 0.6 is 12.4 Å². The van der Waals surface area contributed by atoms with Gasteiger partial charge in [0.05, 0.1) is 6.10 Å². The summed E-state index contributed by atoms with van der Waals surface area (Å²) in [5.41, 5.74) is 0.830. The molecule has 0 spiro atoms. The molecular formula is C12H20ClNO2. The molecule has 0 heterocycles. The standard InChI is InChI=1S/C12H19NO2.ClH/c1-2-3-8-13-9-12(15)10-4-6-11(14)7-5-10;/h4-7,12-15H,2-3,8-9H2,1H3;1H/t12-;/m1./s1. The number of hydrogen-bond acceptors (Lipinski definition) is 3. The Bertz CT molecular complexity index is 277. The first-order chi connectivity index (χ1) is 7.24. The summed E-state index contributed by atoms with van der Waals surface area (Å²) in [6.07, 6.45) is 1.78. The van der Waals surface area contributed by atoms with Gasteiger partial charge in [0.2, 0.25) is 0 Å². The van der Waals surface area contributed by atoms with Crippen LogP contribution in [0.2, 0.25) is 0 Å². The predicted octanol–water partition coefficient (Wildman–Crippen LogP) is 2.24. The van der Waals surface area contributed by atoms with Gasteiger partial charge in [-0.2, -0.15) is 0 Å². The fourth-order valence-corrected chi connectivity index (χ4v) is 1.35. The largest absolute Gasteiger partial charge is 0.508 e. The highest BCUT2D eigenvalue weighted by Crippen LogP contribution is 2.15. The van der Waals surface area contributed by atoms with Crippen molar-refractivity contribution in [2.75, 3.05) is 13.1 Å². The molecule has 1 atom stereocenters. The summed E-state index contributed by atoms with van der Waals surface area (Å²) in [4.78, 5) is 0. The van der Waals surface area contributed by atoms with Crippen molar-refractivity contribution < 1.29 is 10.2 Å².